The topological polar surface area (TPSA) is 54.4 Å². The van der Waals surface area contributed by atoms with E-state index in [0.29, 0.717) is 6.42 Å². The number of carbonyl (C=O) groups is 2. The van der Waals surface area contributed by atoms with Gasteiger partial charge < -0.3 is 5.11 Å². The van der Waals surface area contributed by atoms with Crippen LogP contribution in [0, 0.1) is 0 Å². The molecule has 0 aromatic rings. The van der Waals surface area contributed by atoms with Gasteiger partial charge in [0.15, 0.2) is 5.78 Å². The summed E-state index contributed by atoms with van der Waals surface area (Å²) in [5.74, 6) is -1.43. The highest BCUT2D eigenvalue weighted by Crippen LogP contribution is 2.15. The molecule has 244 valence electrons. The number of hydrogen-bond acceptors (Lipinski definition) is 2. The standard InChI is InChI=1S/C40H66O3/c1-3-5-7-9-11-13-15-17-19-20-21-23-24-26-28-30-32-34-36-38(40(42)43)39(41)37-35-33-31-29-27-25-22-18-16-14-12-10-8-6-4-2/h19-21,23-24,26,28,30,32,34,36H,3-18,22,25,27,29,31,33,35,37H2,1-2H3,(H,42,43). The summed E-state index contributed by atoms with van der Waals surface area (Å²) < 4.78 is 0. The lowest BCUT2D eigenvalue weighted by Crippen LogP contribution is -2.11. The van der Waals surface area contributed by atoms with Crippen molar-refractivity contribution in [3.05, 3.63) is 72.4 Å². The molecular weight excluding hydrogens is 528 g/mol. The summed E-state index contributed by atoms with van der Waals surface area (Å²) in [6.45, 7) is 4.52. The van der Waals surface area contributed by atoms with Crippen LogP contribution in [0.1, 0.15) is 168 Å². The highest BCUT2D eigenvalue weighted by Gasteiger charge is 2.15. The minimum absolute atomic E-state index is 0.128. The Morgan fingerprint density at radius 2 is 0.791 bits per heavy atom. The van der Waals surface area contributed by atoms with Crippen molar-refractivity contribution in [3.8, 4) is 0 Å². The highest BCUT2D eigenvalue weighted by molar-refractivity contribution is 6.16. The van der Waals surface area contributed by atoms with Gasteiger partial charge >= 0.3 is 5.97 Å². The third kappa shape index (κ3) is 30.8. The number of allylic oxidation sites excluding steroid dienone is 11. The van der Waals surface area contributed by atoms with E-state index in [4.69, 9.17) is 0 Å². The molecule has 1 N–H and O–H groups in total. The number of unbranched alkanes of at least 4 members (excludes halogenated alkanes) is 21. The summed E-state index contributed by atoms with van der Waals surface area (Å²) >= 11 is 0. The minimum atomic E-state index is -1.15. The molecule has 3 heteroatoms. The lowest BCUT2D eigenvalue weighted by atomic mass is 10.0. The van der Waals surface area contributed by atoms with Gasteiger partial charge in [0.05, 0.1) is 0 Å². The van der Waals surface area contributed by atoms with Crippen LogP contribution < -0.4 is 0 Å². The van der Waals surface area contributed by atoms with Gasteiger partial charge in [-0.15, -0.1) is 0 Å². The lowest BCUT2D eigenvalue weighted by Gasteiger charge is -2.04. The molecule has 0 atom stereocenters. The van der Waals surface area contributed by atoms with Crippen LogP contribution in [0.2, 0.25) is 0 Å². The summed E-state index contributed by atoms with van der Waals surface area (Å²) in [5.41, 5.74) is -0.128. The van der Waals surface area contributed by atoms with Crippen LogP contribution in [0.4, 0.5) is 0 Å². The molecule has 0 aliphatic carbocycles. The molecule has 0 aliphatic heterocycles. The summed E-state index contributed by atoms with van der Waals surface area (Å²) in [6, 6.07) is 0. The zero-order valence-corrected chi connectivity index (χ0v) is 28.1. The van der Waals surface area contributed by atoms with E-state index in [1.165, 1.54) is 128 Å². The van der Waals surface area contributed by atoms with Gasteiger partial charge in [-0.25, -0.2) is 4.79 Å². The number of rotatable bonds is 31. The number of carboxylic acids is 1. The SMILES string of the molecule is CCCCCCCCCC=CC=CC=CC=CC=CC=C(C(=O)O)C(=O)CCCCCCCCCCCCCCCCC. The Morgan fingerprint density at radius 1 is 0.442 bits per heavy atom. The van der Waals surface area contributed by atoms with Crippen molar-refractivity contribution in [2.24, 2.45) is 0 Å². The monoisotopic (exact) mass is 595 g/mol. The number of hydrogen-bond donors (Lipinski definition) is 1. The van der Waals surface area contributed by atoms with Crippen molar-refractivity contribution in [2.75, 3.05) is 0 Å². The van der Waals surface area contributed by atoms with Crippen LogP contribution in [0.3, 0.4) is 0 Å². The molecule has 0 bridgehead atoms. The van der Waals surface area contributed by atoms with Gasteiger partial charge in [-0.2, -0.15) is 0 Å². The summed E-state index contributed by atoms with van der Waals surface area (Å²) in [6.07, 6.45) is 50.6. The second-order valence-electron chi connectivity index (χ2n) is 11.9. The van der Waals surface area contributed by atoms with Crippen molar-refractivity contribution in [1.29, 1.82) is 0 Å². The molecule has 0 saturated heterocycles. The maximum absolute atomic E-state index is 12.4. The Balaban J connectivity index is 3.94. The first-order valence-electron chi connectivity index (χ1n) is 17.9. The molecule has 0 heterocycles. The molecule has 0 aromatic carbocycles. The van der Waals surface area contributed by atoms with Crippen molar-refractivity contribution >= 4 is 11.8 Å². The number of carbonyl (C=O) groups excluding carboxylic acids is 1. The predicted octanol–water partition coefficient (Wildman–Crippen LogP) is 12.7. The van der Waals surface area contributed by atoms with Gasteiger partial charge in [-0.1, -0.05) is 203 Å². The molecule has 43 heavy (non-hydrogen) atoms. The fourth-order valence-corrected chi connectivity index (χ4v) is 5.07. The van der Waals surface area contributed by atoms with E-state index in [2.05, 4.69) is 26.0 Å². The summed E-state index contributed by atoms with van der Waals surface area (Å²) in [7, 11) is 0. The molecule has 0 spiro atoms. The molecule has 3 nitrogen and oxygen atoms in total. The Morgan fingerprint density at radius 3 is 1.21 bits per heavy atom. The highest BCUT2D eigenvalue weighted by atomic mass is 16.4. The zero-order valence-electron chi connectivity index (χ0n) is 28.1. The van der Waals surface area contributed by atoms with Gasteiger partial charge in [0.2, 0.25) is 0 Å². The van der Waals surface area contributed by atoms with Crippen LogP contribution in [-0.4, -0.2) is 16.9 Å². The molecular formula is C40H66O3. The Bertz CT molecular complexity index is 825. The van der Waals surface area contributed by atoms with Crippen molar-refractivity contribution < 1.29 is 14.7 Å². The Hall–Kier alpha value is -2.42. The maximum Gasteiger partial charge on any atom is 0.339 e. The van der Waals surface area contributed by atoms with Crippen LogP contribution in [0.15, 0.2) is 72.4 Å². The predicted molar refractivity (Wildman–Crippen MR) is 189 cm³/mol. The lowest BCUT2D eigenvalue weighted by molar-refractivity contribution is -0.134. The first-order chi connectivity index (χ1) is 21.1. The van der Waals surface area contributed by atoms with Gasteiger partial charge in [-0.3, -0.25) is 4.79 Å². The summed E-state index contributed by atoms with van der Waals surface area (Å²) in [4.78, 5) is 24.0. The van der Waals surface area contributed by atoms with E-state index in [0.717, 1.165) is 25.7 Å². The third-order valence-electron chi connectivity index (χ3n) is 7.80. The zero-order chi connectivity index (χ0) is 31.5. The van der Waals surface area contributed by atoms with Crippen molar-refractivity contribution in [1.82, 2.24) is 0 Å². The Kier molecular flexibility index (Phi) is 32.2. The van der Waals surface area contributed by atoms with Gasteiger partial charge in [-0.05, 0) is 25.3 Å². The normalized spacial score (nSPS) is 12.7. The first kappa shape index (κ1) is 40.6. The van der Waals surface area contributed by atoms with Crippen molar-refractivity contribution in [2.45, 2.75) is 168 Å². The van der Waals surface area contributed by atoms with E-state index in [-0.39, 0.29) is 11.4 Å². The molecule has 0 saturated carbocycles. The number of aliphatic carboxylic acids is 1. The second-order valence-corrected chi connectivity index (χ2v) is 11.9. The van der Waals surface area contributed by atoms with E-state index in [1.807, 2.05) is 36.5 Å². The van der Waals surface area contributed by atoms with E-state index in [9.17, 15) is 14.7 Å². The van der Waals surface area contributed by atoms with E-state index >= 15 is 0 Å². The minimum Gasteiger partial charge on any atom is -0.478 e. The van der Waals surface area contributed by atoms with Crippen LogP contribution in [0.5, 0.6) is 0 Å². The smallest absolute Gasteiger partial charge is 0.339 e. The average Bonchev–Trinajstić information content (AvgIpc) is 3.00. The van der Waals surface area contributed by atoms with Crippen LogP contribution >= 0.6 is 0 Å². The fraction of sp³-hybridized carbons (Fsp3) is 0.650. The fourth-order valence-electron chi connectivity index (χ4n) is 5.07. The van der Waals surface area contributed by atoms with Crippen LogP contribution in [0.25, 0.3) is 0 Å². The molecule has 0 unspecified atom stereocenters. The quantitative estimate of drug-likeness (QED) is 0.0285. The van der Waals surface area contributed by atoms with E-state index in [1.54, 1.807) is 12.2 Å². The van der Waals surface area contributed by atoms with Gasteiger partial charge in [0, 0.05) is 6.42 Å². The molecule has 0 radical (unpaired) electrons. The van der Waals surface area contributed by atoms with Crippen molar-refractivity contribution in [3.63, 3.8) is 0 Å². The van der Waals surface area contributed by atoms with Gasteiger partial charge in [0.25, 0.3) is 0 Å². The molecule has 0 amide bonds. The van der Waals surface area contributed by atoms with Crippen LogP contribution in [-0.2, 0) is 9.59 Å². The van der Waals surface area contributed by atoms with E-state index < -0.39 is 5.97 Å². The summed E-state index contributed by atoms with van der Waals surface area (Å²) in [5, 5.41) is 9.45. The Labute approximate surface area is 266 Å². The molecule has 0 aliphatic rings. The molecule has 0 rings (SSSR count). The number of carboxylic acid groups (broad SMARTS) is 1. The molecule has 0 aromatic heterocycles. The average molecular weight is 595 g/mol. The largest absolute Gasteiger partial charge is 0.478 e. The maximum atomic E-state index is 12.4. The molecule has 0 fully saturated rings. The second kappa shape index (κ2) is 34.1. The number of ketones is 1. The number of Topliss-reactive ketones (excluding diaryl/α,β-unsaturated/α-hetero) is 1. The first-order valence-corrected chi connectivity index (χ1v) is 17.9. The van der Waals surface area contributed by atoms with Gasteiger partial charge in [0.1, 0.15) is 5.57 Å². The third-order valence-corrected chi connectivity index (χ3v) is 7.80.